The van der Waals surface area contributed by atoms with Crippen molar-refractivity contribution in [2.45, 2.75) is 6.61 Å². The van der Waals surface area contributed by atoms with Gasteiger partial charge in [0.05, 0.1) is 23.4 Å². The second-order valence-corrected chi connectivity index (χ2v) is 8.83. The van der Waals surface area contributed by atoms with E-state index in [1.54, 1.807) is 29.8 Å². The zero-order valence-electron chi connectivity index (χ0n) is 18.5. The lowest BCUT2D eigenvalue weighted by Gasteiger charge is -2.25. The average Bonchev–Trinajstić information content (AvgIpc) is 3.32. The molecule has 0 spiro atoms. The monoisotopic (exact) mass is 472 g/mol. The number of carbonyl (C=O) groups is 1. The number of nitrogens with zero attached hydrogens (tertiary/aromatic N) is 3. The summed E-state index contributed by atoms with van der Waals surface area (Å²) < 4.78 is 12.2. The van der Waals surface area contributed by atoms with Crippen molar-refractivity contribution >= 4 is 44.4 Å². The van der Waals surface area contributed by atoms with Crippen LogP contribution >= 0.6 is 11.3 Å². The number of benzene rings is 2. The van der Waals surface area contributed by atoms with Gasteiger partial charge >= 0.3 is 0 Å². The number of pyridine rings is 1. The van der Waals surface area contributed by atoms with Crippen LogP contribution in [0.25, 0.3) is 16.3 Å². The number of anilines is 2. The van der Waals surface area contributed by atoms with E-state index >= 15 is 0 Å². The Kier molecular flexibility index (Phi) is 6.78. The molecular weight excluding hydrogens is 448 g/mol. The van der Waals surface area contributed by atoms with Gasteiger partial charge in [-0.1, -0.05) is 29.5 Å². The van der Waals surface area contributed by atoms with E-state index in [0.717, 1.165) is 64.2 Å². The average molecular weight is 473 g/mol. The number of hydrogen-bond donors (Lipinski definition) is 1. The summed E-state index contributed by atoms with van der Waals surface area (Å²) in [5.74, 6) is 0.578. The highest BCUT2D eigenvalue weighted by molar-refractivity contribution is 7.22. The number of thiazole rings is 1. The van der Waals surface area contributed by atoms with Gasteiger partial charge in [-0.2, -0.15) is 0 Å². The molecular formula is C26H24N4O3S. The predicted molar refractivity (Wildman–Crippen MR) is 135 cm³/mol. The van der Waals surface area contributed by atoms with Crippen LogP contribution in [0.2, 0.25) is 0 Å². The molecule has 34 heavy (non-hydrogen) atoms. The molecule has 1 amide bonds. The highest BCUT2D eigenvalue weighted by Crippen LogP contribution is 2.31. The molecule has 7 nitrogen and oxygen atoms in total. The van der Waals surface area contributed by atoms with Crippen molar-refractivity contribution in [2.75, 3.05) is 36.5 Å². The molecule has 0 saturated carbocycles. The number of rotatable bonds is 7. The molecule has 1 aliphatic heterocycles. The number of nitrogens with one attached hydrogen (secondary N) is 1. The van der Waals surface area contributed by atoms with E-state index in [2.05, 4.69) is 15.2 Å². The van der Waals surface area contributed by atoms with E-state index < -0.39 is 0 Å². The first kappa shape index (κ1) is 22.1. The fraction of sp³-hybridized carbons (Fsp3) is 0.192. The second kappa shape index (κ2) is 10.5. The third-order valence-corrected chi connectivity index (χ3v) is 6.44. The minimum Gasteiger partial charge on any atom is -0.489 e. The van der Waals surface area contributed by atoms with E-state index in [-0.39, 0.29) is 5.91 Å². The van der Waals surface area contributed by atoms with Gasteiger partial charge in [0.1, 0.15) is 12.4 Å². The maximum atomic E-state index is 12.4. The van der Waals surface area contributed by atoms with Gasteiger partial charge in [-0.3, -0.25) is 9.78 Å². The fourth-order valence-corrected chi connectivity index (χ4v) is 4.62. The molecule has 0 unspecified atom stereocenters. The number of morpholine rings is 1. The van der Waals surface area contributed by atoms with Crippen LogP contribution in [0.1, 0.15) is 11.1 Å². The van der Waals surface area contributed by atoms with Crippen molar-refractivity contribution in [3.05, 3.63) is 84.2 Å². The lowest BCUT2D eigenvalue weighted by atomic mass is 10.2. The molecule has 4 aromatic rings. The standard InChI is InChI=1S/C26H24N4O3S/c31-25(10-5-19-3-7-22(8-4-19)33-18-20-2-1-11-27-17-20)28-21-6-9-23-24(16-21)34-26(29-23)30-12-14-32-15-13-30/h1-11,16-17H,12-15,18H2,(H,28,31)/b10-5+. The number of aromatic nitrogens is 2. The molecule has 8 heteroatoms. The Bertz CT molecular complexity index is 1280. The Balaban J connectivity index is 1.17. The Hall–Kier alpha value is -3.75. The van der Waals surface area contributed by atoms with Crippen molar-refractivity contribution in [3.63, 3.8) is 0 Å². The fourth-order valence-electron chi connectivity index (χ4n) is 3.56. The molecule has 172 valence electrons. The van der Waals surface area contributed by atoms with Gasteiger partial charge in [0.25, 0.3) is 0 Å². The maximum absolute atomic E-state index is 12.4. The van der Waals surface area contributed by atoms with Crippen LogP contribution in [0.5, 0.6) is 5.75 Å². The quantitative estimate of drug-likeness (QED) is 0.391. The van der Waals surface area contributed by atoms with Crippen LogP contribution in [0.3, 0.4) is 0 Å². The van der Waals surface area contributed by atoms with Crippen LogP contribution in [0, 0.1) is 0 Å². The van der Waals surface area contributed by atoms with Crippen molar-refractivity contribution in [3.8, 4) is 5.75 Å². The van der Waals surface area contributed by atoms with Crippen LogP contribution < -0.4 is 15.0 Å². The summed E-state index contributed by atoms with van der Waals surface area (Å²) in [4.78, 5) is 23.5. The molecule has 0 aliphatic carbocycles. The molecule has 3 heterocycles. The molecule has 1 aliphatic rings. The summed E-state index contributed by atoms with van der Waals surface area (Å²) >= 11 is 1.63. The van der Waals surface area contributed by atoms with Crippen LogP contribution in [0.15, 0.2) is 73.1 Å². The summed E-state index contributed by atoms with van der Waals surface area (Å²) in [5.41, 5.74) is 3.61. The first-order valence-electron chi connectivity index (χ1n) is 11.1. The topological polar surface area (TPSA) is 76.6 Å². The number of carbonyl (C=O) groups excluding carboxylic acids is 1. The van der Waals surface area contributed by atoms with Crippen molar-refractivity contribution in [1.29, 1.82) is 0 Å². The van der Waals surface area contributed by atoms with Crippen molar-refractivity contribution in [2.24, 2.45) is 0 Å². The van der Waals surface area contributed by atoms with Crippen LogP contribution in [0.4, 0.5) is 10.8 Å². The lowest BCUT2D eigenvalue weighted by Crippen LogP contribution is -2.36. The second-order valence-electron chi connectivity index (χ2n) is 7.82. The molecule has 0 atom stereocenters. The molecule has 1 N–H and O–H groups in total. The molecule has 2 aromatic heterocycles. The minimum absolute atomic E-state index is 0.186. The van der Waals surface area contributed by atoms with E-state index in [1.165, 1.54) is 6.08 Å². The summed E-state index contributed by atoms with van der Waals surface area (Å²) in [7, 11) is 0. The highest BCUT2D eigenvalue weighted by Gasteiger charge is 2.15. The first-order valence-corrected chi connectivity index (χ1v) is 11.9. The number of ether oxygens (including phenoxy) is 2. The molecule has 0 bridgehead atoms. The van der Waals surface area contributed by atoms with E-state index in [9.17, 15) is 4.79 Å². The highest BCUT2D eigenvalue weighted by atomic mass is 32.1. The molecule has 1 saturated heterocycles. The SMILES string of the molecule is O=C(/C=C/c1ccc(OCc2cccnc2)cc1)Nc1ccc2nc(N3CCOCC3)sc2c1. The Morgan fingerprint density at radius 2 is 2.00 bits per heavy atom. The number of fused-ring (bicyclic) bond motifs is 1. The van der Waals surface area contributed by atoms with Gasteiger partial charge < -0.3 is 19.7 Å². The molecule has 1 fully saturated rings. The largest absolute Gasteiger partial charge is 0.489 e. The smallest absolute Gasteiger partial charge is 0.248 e. The van der Waals surface area contributed by atoms with Crippen molar-refractivity contribution < 1.29 is 14.3 Å². The van der Waals surface area contributed by atoms with E-state index in [4.69, 9.17) is 14.5 Å². The predicted octanol–water partition coefficient (Wildman–Crippen LogP) is 4.76. The summed E-state index contributed by atoms with van der Waals surface area (Å²) in [6.07, 6.45) is 6.83. The maximum Gasteiger partial charge on any atom is 0.248 e. The zero-order valence-corrected chi connectivity index (χ0v) is 19.3. The van der Waals surface area contributed by atoms with Gasteiger partial charge in [-0.25, -0.2) is 4.98 Å². The van der Waals surface area contributed by atoms with Crippen molar-refractivity contribution in [1.82, 2.24) is 9.97 Å². The summed E-state index contributed by atoms with van der Waals surface area (Å²) in [6, 6.07) is 17.3. The Morgan fingerprint density at radius 3 is 2.79 bits per heavy atom. The minimum atomic E-state index is -0.186. The van der Waals surface area contributed by atoms with E-state index in [1.807, 2.05) is 54.6 Å². The van der Waals surface area contributed by atoms with Crippen LogP contribution in [-0.4, -0.2) is 42.2 Å². The first-order chi connectivity index (χ1) is 16.7. The number of amides is 1. The third-order valence-electron chi connectivity index (χ3n) is 5.36. The Labute approximate surface area is 201 Å². The van der Waals surface area contributed by atoms with Gasteiger partial charge in [-0.15, -0.1) is 0 Å². The molecule has 2 aromatic carbocycles. The molecule has 5 rings (SSSR count). The third kappa shape index (κ3) is 5.59. The van der Waals surface area contributed by atoms with Gasteiger partial charge in [0.2, 0.25) is 5.91 Å². The van der Waals surface area contributed by atoms with Gasteiger partial charge in [-0.05, 0) is 48.0 Å². The summed E-state index contributed by atoms with van der Waals surface area (Å²) in [5, 5.41) is 3.93. The van der Waals surface area contributed by atoms with Crippen LogP contribution in [-0.2, 0) is 16.1 Å². The Morgan fingerprint density at radius 1 is 1.15 bits per heavy atom. The summed E-state index contributed by atoms with van der Waals surface area (Å²) in [6.45, 7) is 3.62. The lowest BCUT2D eigenvalue weighted by molar-refractivity contribution is -0.111. The molecule has 0 radical (unpaired) electrons. The van der Waals surface area contributed by atoms with E-state index in [0.29, 0.717) is 6.61 Å². The normalized spacial score (nSPS) is 13.9. The number of hydrogen-bond acceptors (Lipinski definition) is 7. The zero-order chi connectivity index (χ0) is 23.2. The van der Waals surface area contributed by atoms with Gasteiger partial charge in [0.15, 0.2) is 5.13 Å². The van der Waals surface area contributed by atoms with Gasteiger partial charge in [0, 0.05) is 42.8 Å².